The molecule has 2 aliphatic heterocycles. The molecule has 2 atom stereocenters. The molecule has 3 nitrogen and oxygen atoms in total. The molecule has 1 saturated heterocycles. The summed E-state index contributed by atoms with van der Waals surface area (Å²) < 4.78 is 0. The van der Waals surface area contributed by atoms with E-state index in [1.165, 1.54) is 16.7 Å². The minimum absolute atomic E-state index is 0.0697. The van der Waals surface area contributed by atoms with Crippen LogP contribution in [0.5, 0.6) is 0 Å². The van der Waals surface area contributed by atoms with E-state index in [-0.39, 0.29) is 18.1 Å². The topological polar surface area (TPSA) is 23.6 Å². The second-order valence-corrected chi connectivity index (χ2v) is 7.49. The molecule has 0 radical (unpaired) electrons. The van der Waals surface area contributed by atoms with Crippen LogP contribution in [-0.4, -0.2) is 16.8 Å². The van der Waals surface area contributed by atoms with Crippen molar-refractivity contribution in [3.63, 3.8) is 0 Å². The van der Waals surface area contributed by atoms with Gasteiger partial charge in [0, 0.05) is 12.2 Å². The molecule has 3 heteroatoms. The molecule has 0 unspecified atom stereocenters. The largest absolute Gasteiger partial charge is 0.291 e. The summed E-state index contributed by atoms with van der Waals surface area (Å²) in [6, 6.07) is 27.1. The van der Waals surface area contributed by atoms with E-state index in [1.54, 1.807) is 0 Å². The lowest BCUT2D eigenvalue weighted by Crippen LogP contribution is -2.39. The zero-order chi connectivity index (χ0) is 18.4. The Balaban J connectivity index is 1.63. The first kappa shape index (κ1) is 16.3. The maximum Gasteiger partial charge on any atom is 0.246 e. The van der Waals surface area contributed by atoms with Gasteiger partial charge in [-0.05, 0) is 42.2 Å². The van der Waals surface area contributed by atoms with E-state index in [4.69, 9.17) is 0 Å². The molecule has 0 aromatic heterocycles. The number of anilines is 1. The molecule has 27 heavy (non-hydrogen) atoms. The molecule has 2 aliphatic rings. The van der Waals surface area contributed by atoms with Crippen LogP contribution in [-0.2, 0) is 17.8 Å². The average Bonchev–Trinajstić information content (AvgIpc) is 2.99. The molecule has 0 aliphatic carbocycles. The smallest absolute Gasteiger partial charge is 0.246 e. The van der Waals surface area contributed by atoms with Gasteiger partial charge < -0.3 is 0 Å². The van der Waals surface area contributed by atoms with Gasteiger partial charge in [0.25, 0.3) is 0 Å². The summed E-state index contributed by atoms with van der Waals surface area (Å²) in [4.78, 5) is 17.9. The van der Waals surface area contributed by atoms with Gasteiger partial charge in [-0.25, -0.2) is 0 Å². The van der Waals surface area contributed by atoms with E-state index in [9.17, 15) is 4.79 Å². The van der Waals surface area contributed by atoms with Gasteiger partial charge in [0.15, 0.2) is 0 Å². The molecule has 1 amide bonds. The summed E-state index contributed by atoms with van der Waals surface area (Å²) in [5.41, 5.74) is 5.95. The third-order valence-corrected chi connectivity index (χ3v) is 5.78. The molecular weight excluding hydrogens is 332 g/mol. The summed E-state index contributed by atoms with van der Waals surface area (Å²) in [6.07, 6.45) is 0.709. The van der Waals surface area contributed by atoms with Crippen molar-refractivity contribution < 1.29 is 4.79 Å². The van der Waals surface area contributed by atoms with Gasteiger partial charge >= 0.3 is 0 Å². The predicted octanol–water partition coefficient (Wildman–Crippen LogP) is 4.47. The third kappa shape index (κ3) is 2.66. The van der Waals surface area contributed by atoms with Crippen LogP contribution in [0.25, 0.3) is 0 Å². The van der Waals surface area contributed by atoms with Crippen molar-refractivity contribution in [1.29, 1.82) is 0 Å². The fourth-order valence-electron chi connectivity index (χ4n) is 4.40. The molecule has 3 aromatic rings. The van der Waals surface area contributed by atoms with E-state index >= 15 is 0 Å². The molecule has 0 bridgehead atoms. The monoisotopic (exact) mass is 354 g/mol. The summed E-state index contributed by atoms with van der Waals surface area (Å²) in [7, 11) is 0. The maximum absolute atomic E-state index is 13.5. The minimum atomic E-state index is -0.105. The zero-order valence-electron chi connectivity index (χ0n) is 15.4. The van der Waals surface area contributed by atoms with E-state index < -0.39 is 0 Å². The van der Waals surface area contributed by atoms with Gasteiger partial charge in [-0.3, -0.25) is 14.6 Å². The highest BCUT2D eigenvalue weighted by atomic mass is 16.2. The van der Waals surface area contributed by atoms with Crippen molar-refractivity contribution in [2.75, 3.05) is 4.90 Å². The first-order valence-electron chi connectivity index (χ1n) is 9.49. The second kappa shape index (κ2) is 6.36. The van der Waals surface area contributed by atoms with Crippen LogP contribution in [0, 0.1) is 6.92 Å². The molecule has 134 valence electrons. The number of nitrogens with zero attached hydrogens (tertiary/aromatic N) is 2. The number of carbonyl (C=O) groups is 1. The second-order valence-electron chi connectivity index (χ2n) is 7.49. The van der Waals surface area contributed by atoms with Gasteiger partial charge in [-0.15, -0.1) is 0 Å². The molecule has 5 rings (SSSR count). The quantitative estimate of drug-likeness (QED) is 0.678. The van der Waals surface area contributed by atoms with Crippen molar-refractivity contribution in [2.45, 2.75) is 32.1 Å². The van der Waals surface area contributed by atoms with E-state index in [1.807, 2.05) is 11.0 Å². The lowest BCUT2D eigenvalue weighted by molar-refractivity contribution is -0.119. The molecular formula is C24H22N2O. The Bertz CT molecular complexity index is 981. The van der Waals surface area contributed by atoms with Crippen LogP contribution < -0.4 is 4.90 Å². The lowest BCUT2D eigenvalue weighted by atomic mass is 9.94. The predicted molar refractivity (Wildman–Crippen MR) is 107 cm³/mol. The summed E-state index contributed by atoms with van der Waals surface area (Å²) in [5.74, 6) is 0.196. The minimum Gasteiger partial charge on any atom is -0.291 e. The third-order valence-electron chi connectivity index (χ3n) is 5.78. The normalized spacial score (nSPS) is 21.8. The van der Waals surface area contributed by atoms with Gasteiger partial charge in [0.2, 0.25) is 5.91 Å². The Morgan fingerprint density at radius 2 is 1.48 bits per heavy atom. The van der Waals surface area contributed by atoms with Gasteiger partial charge in [-0.1, -0.05) is 72.3 Å². The Morgan fingerprint density at radius 1 is 0.815 bits per heavy atom. The Hall–Kier alpha value is -2.91. The van der Waals surface area contributed by atoms with E-state index in [0.29, 0.717) is 0 Å². The standard InChI is InChI=1S/C24H22N2O/c1-17-11-13-21(14-12-17)26-23(18-7-3-2-4-8-18)25-16-20-10-6-5-9-19(20)15-22(25)24(26)27/h2-14,22-23H,15-16H2,1H3/t22-,23-/m0/s1. The number of carbonyl (C=O) groups excluding carboxylic acids is 1. The number of hydrogen-bond donors (Lipinski definition) is 0. The Kier molecular flexibility index (Phi) is 3.83. The average molecular weight is 354 g/mol. The van der Waals surface area contributed by atoms with Crippen LogP contribution in [0.15, 0.2) is 78.9 Å². The van der Waals surface area contributed by atoms with Crippen LogP contribution in [0.1, 0.15) is 28.4 Å². The number of aryl methyl sites for hydroxylation is 1. The SMILES string of the molecule is Cc1ccc(N2C(=O)[C@@H]3Cc4ccccc4CN3[C@@H]2c2ccccc2)cc1. The van der Waals surface area contributed by atoms with E-state index in [0.717, 1.165) is 24.2 Å². The number of fused-ring (bicyclic) bond motifs is 2. The van der Waals surface area contributed by atoms with Crippen LogP contribution in [0.3, 0.4) is 0 Å². The van der Waals surface area contributed by atoms with Crippen molar-refractivity contribution in [2.24, 2.45) is 0 Å². The van der Waals surface area contributed by atoms with Gasteiger partial charge in [0.1, 0.15) is 6.17 Å². The van der Waals surface area contributed by atoms with Crippen molar-refractivity contribution in [3.05, 3.63) is 101 Å². The van der Waals surface area contributed by atoms with Crippen molar-refractivity contribution in [3.8, 4) is 0 Å². The summed E-state index contributed by atoms with van der Waals surface area (Å²) in [5, 5.41) is 0. The zero-order valence-corrected chi connectivity index (χ0v) is 15.4. The Labute approximate surface area is 159 Å². The van der Waals surface area contributed by atoms with Gasteiger partial charge in [0.05, 0.1) is 6.04 Å². The fourth-order valence-corrected chi connectivity index (χ4v) is 4.40. The highest BCUT2D eigenvalue weighted by molar-refractivity contribution is 6.00. The van der Waals surface area contributed by atoms with E-state index in [2.05, 4.69) is 84.6 Å². The summed E-state index contributed by atoms with van der Waals surface area (Å²) >= 11 is 0. The van der Waals surface area contributed by atoms with Crippen LogP contribution in [0.2, 0.25) is 0 Å². The first-order valence-corrected chi connectivity index (χ1v) is 9.49. The number of benzene rings is 3. The molecule has 3 aromatic carbocycles. The van der Waals surface area contributed by atoms with Crippen molar-refractivity contribution >= 4 is 11.6 Å². The molecule has 0 spiro atoms. The highest BCUT2D eigenvalue weighted by Gasteiger charge is 2.48. The lowest BCUT2D eigenvalue weighted by Gasteiger charge is -2.34. The first-order chi connectivity index (χ1) is 13.2. The van der Waals surface area contributed by atoms with Crippen molar-refractivity contribution in [1.82, 2.24) is 4.90 Å². The summed E-state index contributed by atoms with van der Waals surface area (Å²) in [6.45, 7) is 2.87. The van der Waals surface area contributed by atoms with Gasteiger partial charge in [-0.2, -0.15) is 0 Å². The number of hydrogen-bond acceptors (Lipinski definition) is 2. The van der Waals surface area contributed by atoms with Crippen LogP contribution >= 0.6 is 0 Å². The fraction of sp³-hybridized carbons (Fsp3) is 0.208. The highest BCUT2D eigenvalue weighted by Crippen LogP contribution is 2.42. The maximum atomic E-state index is 13.5. The van der Waals surface area contributed by atoms with Crippen LogP contribution in [0.4, 0.5) is 5.69 Å². The Morgan fingerprint density at radius 3 is 2.22 bits per heavy atom. The molecule has 2 heterocycles. The molecule has 1 fully saturated rings. The molecule has 0 N–H and O–H groups in total. The number of amides is 1. The number of rotatable bonds is 2. The molecule has 0 saturated carbocycles.